The number of alkyl halides is 3. The lowest BCUT2D eigenvalue weighted by molar-refractivity contribution is -0.274. The van der Waals surface area contributed by atoms with Gasteiger partial charge in [0.25, 0.3) is 0 Å². The molecule has 24 heavy (non-hydrogen) atoms. The minimum absolute atomic E-state index is 0.0830. The molecule has 0 spiro atoms. The number of aliphatic hydroxyl groups excluding tert-OH is 1. The molecule has 5 N–H and O–H groups in total. The summed E-state index contributed by atoms with van der Waals surface area (Å²) in [6, 6.07) is 4.88. The third-order valence-electron chi connectivity index (χ3n) is 3.41. The van der Waals surface area contributed by atoms with Gasteiger partial charge in [0.05, 0.1) is 5.69 Å². The Hall–Kier alpha value is -2.49. The van der Waals surface area contributed by atoms with Crippen LogP contribution in [0, 0.1) is 5.92 Å². The van der Waals surface area contributed by atoms with Crippen molar-refractivity contribution in [1.29, 1.82) is 0 Å². The summed E-state index contributed by atoms with van der Waals surface area (Å²) in [5.74, 6) is -0.137. The molecule has 1 heterocycles. The Labute approximate surface area is 136 Å². The van der Waals surface area contributed by atoms with Crippen molar-refractivity contribution < 1.29 is 23.0 Å². The highest BCUT2D eigenvalue weighted by Gasteiger charge is 2.31. The standard InChI is InChI=1S/C14H18F3N5O2/c15-14(16,17)24-11-3-1-10(2-4-11)20-12(18)21-13(19)22-6-5-9(7-22)8-23/h1-4,9,23H,5-8H2,(H4,18,19,20,21). The van der Waals surface area contributed by atoms with Crippen LogP contribution in [0.4, 0.5) is 18.9 Å². The zero-order valence-corrected chi connectivity index (χ0v) is 12.7. The summed E-state index contributed by atoms with van der Waals surface area (Å²) in [7, 11) is 0. The molecule has 1 aliphatic heterocycles. The van der Waals surface area contributed by atoms with Gasteiger partial charge in [-0.3, -0.25) is 0 Å². The lowest BCUT2D eigenvalue weighted by Gasteiger charge is -2.16. The molecule has 1 aromatic carbocycles. The van der Waals surface area contributed by atoms with Gasteiger partial charge in [0.2, 0.25) is 5.96 Å². The maximum atomic E-state index is 12.1. The second kappa shape index (κ2) is 7.39. The van der Waals surface area contributed by atoms with Crippen LogP contribution < -0.4 is 16.2 Å². The molecule has 10 heteroatoms. The molecular formula is C14H18F3N5O2. The van der Waals surface area contributed by atoms with Crippen molar-refractivity contribution in [2.24, 2.45) is 27.4 Å². The van der Waals surface area contributed by atoms with Gasteiger partial charge in [-0.15, -0.1) is 13.2 Å². The predicted molar refractivity (Wildman–Crippen MR) is 82.8 cm³/mol. The van der Waals surface area contributed by atoms with E-state index < -0.39 is 6.36 Å². The van der Waals surface area contributed by atoms with E-state index in [1.165, 1.54) is 12.1 Å². The first kappa shape index (κ1) is 17.9. The van der Waals surface area contributed by atoms with Crippen LogP contribution in [0.2, 0.25) is 0 Å². The lowest BCUT2D eigenvalue weighted by atomic mass is 10.1. The summed E-state index contributed by atoms with van der Waals surface area (Å²) in [5.41, 5.74) is 11.8. The molecule has 1 unspecified atom stereocenters. The van der Waals surface area contributed by atoms with Gasteiger partial charge in [-0.05, 0) is 30.7 Å². The molecule has 7 nitrogen and oxygen atoms in total. The third-order valence-corrected chi connectivity index (χ3v) is 3.41. The number of aliphatic hydroxyl groups is 1. The van der Waals surface area contributed by atoms with Gasteiger partial charge in [0, 0.05) is 25.6 Å². The highest BCUT2D eigenvalue weighted by molar-refractivity contribution is 5.94. The van der Waals surface area contributed by atoms with Crippen LogP contribution in [0.1, 0.15) is 6.42 Å². The monoisotopic (exact) mass is 345 g/mol. The fourth-order valence-corrected chi connectivity index (χ4v) is 2.26. The number of ether oxygens (including phenoxy) is 1. The quantitative estimate of drug-likeness (QED) is 0.563. The molecule has 1 aromatic rings. The van der Waals surface area contributed by atoms with Gasteiger partial charge in [-0.25, -0.2) is 4.99 Å². The molecular weight excluding hydrogens is 327 g/mol. The largest absolute Gasteiger partial charge is 0.573 e. The van der Waals surface area contributed by atoms with E-state index in [1.54, 1.807) is 4.90 Å². The van der Waals surface area contributed by atoms with Crippen LogP contribution in [0.3, 0.4) is 0 Å². The van der Waals surface area contributed by atoms with Crippen LogP contribution in [-0.2, 0) is 0 Å². The minimum atomic E-state index is -4.75. The highest BCUT2D eigenvalue weighted by atomic mass is 19.4. The first-order valence-electron chi connectivity index (χ1n) is 7.17. The minimum Gasteiger partial charge on any atom is -0.406 e. The Kier molecular flexibility index (Phi) is 5.50. The van der Waals surface area contributed by atoms with Crippen molar-refractivity contribution in [3.05, 3.63) is 24.3 Å². The number of rotatable bonds is 3. The first-order chi connectivity index (χ1) is 11.3. The van der Waals surface area contributed by atoms with Crippen LogP contribution in [0.15, 0.2) is 34.3 Å². The van der Waals surface area contributed by atoms with Gasteiger partial charge in [-0.1, -0.05) is 0 Å². The topological polar surface area (TPSA) is 109 Å². The third kappa shape index (κ3) is 5.30. The van der Waals surface area contributed by atoms with Crippen molar-refractivity contribution in [2.45, 2.75) is 12.8 Å². The summed E-state index contributed by atoms with van der Waals surface area (Å²) in [6.45, 7) is 1.33. The van der Waals surface area contributed by atoms with E-state index in [1.807, 2.05) is 0 Å². The Morgan fingerprint density at radius 1 is 1.29 bits per heavy atom. The average Bonchev–Trinajstić information content (AvgIpc) is 2.97. The van der Waals surface area contributed by atoms with E-state index in [4.69, 9.17) is 16.6 Å². The molecule has 0 saturated carbocycles. The van der Waals surface area contributed by atoms with Gasteiger partial charge in [0.1, 0.15) is 5.75 Å². The highest BCUT2D eigenvalue weighted by Crippen LogP contribution is 2.24. The molecule has 132 valence electrons. The first-order valence-corrected chi connectivity index (χ1v) is 7.17. The molecule has 0 radical (unpaired) electrons. The SMILES string of the molecule is NC(=Nc1ccc(OC(F)(F)F)cc1)N=C(N)N1CCC(CO)C1. The fourth-order valence-electron chi connectivity index (χ4n) is 2.26. The maximum absolute atomic E-state index is 12.1. The van der Waals surface area contributed by atoms with Crippen LogP contribution in [0.25, 0.3) is 0 Å². The summed E-state index contributed by atoms with van der Waals surface area (Å²) < 4.78 is 40.0. The Balaban J connectivity index is 2.01. The predicted octanol–water partition coefficient (Wildman–Crippen LogP) is 1.16. The lowest BCUT2D eigenvalue weighted by Crippen LogP contribution is -2.37. The number of halogens is 3. The summed E-state index contributed by atoms with van der Waals surface area (Å²) in [5, 5.41) is 9.10. The maximum Gasteiger partial charge on any atom is 0.573 e. The van der Waals surface area contributed by atoms with Crippen LogP contribution in [0.5, 0.6) is 5.75 Å². The van der Waals surface area contributed by atoms with E-state index >= 15 is 0 Å². The number of hydrogen-bond donors (Lipinski definition) is 3. The normalized spacial score (nSPS) is 19.7. The molecule has 0 amide bonds. The van der Waals surface area contributed by atoms with Gasteiger partial charge < -0.3 is 26.2 Å². The summed E-state index contributed by atoms with van der Waals surface area (Å²) in [4.78, 5) is 9.70. The Morgan fingerprint density at radius 3 is 2.50 bits per heavy atom. The van der Waals surface area contributed by atoms with Crippen molar-refractivity contribution in [2.75, 3.05) is 19.7 Å². The molecule has 0 bridgehead atoms. The number of benzene rings is 1. The molecule has 1 saturated heterocycles. The molecule has 1 fully saturated rings. The van der Waals surface area contributed by atoms with Gasteiger partial charge >= 0.3 is 6.36 Å². The Morgan fingerprint density at radius 2 is 1.96 bits per heavy atom. The van der Waals surface area contributed by atoms with Crippen LogP contribution in [-0.4, -0.2) is 48.0 Å². The number of guanidine groups is 2. The number of nitrogens with two attached hydrogens (primary N) is 2. The smallest absolute Gasteiger partial charge is 0.406 e. The zero-order valence-electron chi connectivity index (χ0n) is 12.7. The van der Waals surface area contributed by atoms with Gasteiger partial charge in [0.15, 0.2) is 5.96 Å². The number of nitrogens with zero attached hydrogens (tertiary/aromatic N) is 3. The summed E-state index contributed by atoms with van der Waals surface area (Å²) in [6.07, 6.45) is -3.94. The van der Waals surface area contributed by atoms with E-state index in [0.29, 0.717) is 18.8 Å². The van der Waals surface area contributed by atoms with Crippen molar-refractivity contribution in [3.8, 4) is 5.75 Å². The molecule has 0 aliphatic carbocycles. The van der Waals surface area contributed by atoms with Crippen molar-refractivity contribution in [1.82, 2.24) is 4.90 Å². The molecule has 1 atom stereocenters. The zero-order chi connectivity index (χ0) is 17.7. The number of likely N-dealkylation sites (tertiary alicyclic amines) is 1. The van der Waals surface area contributed by atoms with Crippen LogP contribution >= 0.6 is 0 Å². The Bertz CT molecular complexity index is 616. The second-order valence-electron chi connectivity index (χ2n) is 5.26. The van der Waals surface area contributed by atoms with Gasteiger partial charge in [-0.2, -0.15) is 4.99 Å². The van der Waals surface area contributed by atoms with E-state index in [2.05, 4.69) is 14.7 Å². The summed E-state index contributed by atoms with van der Waals surface area (Å²) >= 11 is 0. The number of aliphatic imine (C=N–C) groups is 2. The van der Waals surface area contributed by atoms with E-state index in [-0.39, 0.29) is 30.2 Å². The van der Waals surface area contributed by atoms with E-state index in [9.17, 15) is 13.2 Å². The van der Waals surface area contributed by atoms with Crippen molar-refractivity contribution >= 4 is 17.6 Å². The molecule has 1 aliphatic rings. The average molecular weight is 345 g/mol. The van der Waals surface area contributed by atoms with Crippen molar-refractivity contribution in [3.63, 3.8) is 0 Å². The fraction of sp³-hybridized carbons (Fsp3) is 0.429. The van der Waals surface area contributed by atoms with E-state index in [0.717, 1.165) is 18.6 Å². The molecule has 2 rings (SSSR count). The number of hydrogen-bond acceptors (Lipinski definition) is 3. The molecule has 0 aromatic heterocycles. The second-order valence-corrected chi connectivity index (χ2v) is 5.26.